The van der Waals surface area contributed by atoms with Crippen LogP contribution in [0.1, 0.15) is 30.1 Å². The zero-order chi connectivity index (χ0) is 14.4. The monoisotopic (exact) mass is 265 g/mol. The van der Waals surface area contributed by atoms with Gasteiger partial charge < -0.3 is 21.1 Å². The molecule has 106 valence electrons. The predicted octanol–water partition coefficient (Wildman–Crippen LogP) is 1.54. The highest BCUT2D eigenvalue weighted by Gasteiger charge is 2.10. The van der Waals surface area contributed by atoms with Gasteiger partial charge in [0.25, 0.3) is 5.91 Å². The van der Waals surface area contributed by atoms with Gasteiger partial charge in [-0.1, -0.05) is 6.92 Å². The first-order chi connectivity index (χ1) is 8.95. The van der Waals surface area contributed by atoms with Crippen molar-refractivity contribution in [2.75, 3.05) is 31.7 Å². The summed E-state index contributed by atoms with van der Waals surface area (Å²) in [6.07, 6.45) is 1.13. The van der Waals surface area contributed by atoms with Crippen molar-refractivity contribution in [3.05, 3.63) is 23.8 Å². The van der Waals surface area contributed by atoms with E-state index in [1.54, 1.807) is 32.3 Å². The lowest BCUT2D eigenvalue weighted by molar-refractivity contribution is 0.0827. The maximum Gasteiger partial charge on any atom is 0.253 e. The van der Waals surface area contributed by atoms with E-state index in [0.717, 1.165) is 12.1 Å². The molecule has 0 spiro atoms. The average molecular weight is 265 g/mol. The Morgan fingerprint density at radius 3 is 2.68 bits per heavy atom. The third kappa shape index (κ3) is 4.44. The summed E-state index contributed by atoms with van der Waals surface area (Å²) in [5.74, 6) is -0.0698. The number of hydrogen-bond acceptors (Lipinski definition) is 4. The molecule has 0 heterocycles. The van der Waals surface area contributed by atoms with Crippen LogP contribution in [-0.2, 0) is 0 Å². The Labute approximate surface area is 114 Å². The van der Waals surface area contributed by atoms with Gasteiger partial charge in [0.05, 0.1) is 17.5 Å². The fourth-order valence-corrected chi connectivity index (χ4v) is 1.69. The zero-order valence-electron chi connectivity index (χ0n) is 11.8. The van der Waals surface area contributed by atoms with E-state index < -0.39 is 0 Å². The summed E-state index contributed by atoms with van der Waals surface area (Å²) in [7, 11) is 3.41. The third-order valence-corrected chi connectivity index (χ3v) is 2.97. The number of carbonyl (C=O) groups excluding carboxylic acids is 1. The molecule has 4 N–H and O–H groups in total. The van der Waals surface area contributed by atoms with Crippen LogP contribution in [0.25, 0.3) is 0 Å². The number of anilines is 2. The highest BCUT2D eigenvalue weighted by molar-refractivity contribution is 5.95. The molecule has 1 aromatic rings. The molecule has 1 aromatic carbocycles. The first-order valence-electron chi connectivity index (χ1n) is 6.48. The molecule has 0 fully saturated rings. The van der Waals surface area contributed by atoms with Gasteiger partial charge in [-0.25, -0.2) is 0 Å². The SMILES string of the molecule is CCC(O)CCNc1ccc(C(=O)N(C)C)cc1N. The van der Waals surface area contributed by atoms with E-state index in [-0.39, 0.29) is 12.0 Å². The van der Waals surface area contributed by atoms with Crippen LogP contribution in [0.4, 0.5) is 11.4 Å². The van der Waals surface area contributed by atoms with Crippen molar-refractivity contribution >= 4 is 17.3 Å². The van der Waals surface area contributed by atoms with Gasteiger partial charge in [-0.15, -0.1) is 0 Å². The van der Waals surface area contributed by atoms with Gasteiger partial charge >= 0.3 is 0 Å². The fourth-order valence-electron chi connectivity index (χ4n) is 1.69. The van der Waals surface area contributed by atoms with E-state index in [1.165, 1.54) is 4.90 Å². The maximum atomic E-state index is 11.8. The minimum absolute atomic E-state index is 0.0698. The summed E-state index contributed by atoms with van der Waals surface area (Å²) in [5.41, 5.74) is 7.81. The average Bonchev–Trinajstić information content (AvgIpc) is 2.39. The number of nitrogens with two attached hydrogens (primary N) is 1. The van der Waals surface area contributed by atoms with Crippen molar-refractivity contribution in [3.63, 3.8) is 0 Å². The number of aliphatic hydroxyl groups excluding tert-OH is 1. The number of aliphatic hydroxyl groups is 1. The molecule has 0 radical (unpaired) electrons. The first-order valence-corrected chi connectivity index (χ1v) is 6.48. The van der Waals surface area contributed by atoms with E-state index in [4.69, 9.17) is 5.73 Å². The minimum Gasteiger partial charge on any atom is -0.397 e. The molecule has 0 aliphatic rings. The lowest BCUT2D eigenvalue weighted by Crippen LogP contribution is -2.21. The molecule has 5 nitrogen and oxygen atoms in total. The number of hydrogen-bond donors (Lipinski definition) is 3. The molecule has 0 bridgehead atoms. The lowest BCUT2D eigenvalue weighted by Gasteiger charge is -2.14. The van der Waals surface area contributed by atoms with Crippen LogP contribution in [0.2, 0.25) is 0 Å². The highest BCUT2D eigenvalue weighted by Crippen LogP contribution is 2.20. The van der Waals surface area contributed by atoms with Crippen LogP contribution in [0.3, 0.4) is 0 Å². The summed E-state index contributed by atoms with van der Waals surface area (Å²) >= 11 is 0. The van der Waals surface area contributed by atoms with Crippen molar-refractivity contribution < 1.29 is 9.90 Å². The van der Waals surface area contributed by atoms with Crippen LogP contribution >= 0.6 is 0 Å². The summed E-state index contributed by atoms with van der Waals surface area (Å²) in [6.45, 7) is 2.60. The van der Waals surface area contributed by atoms with Crippen molar-refractivity contribution in [2.45, 2.75) is 25.9 Å². The summed E-state index contributed by atoms with van der Waals surface area (Å²) in [6, 6.07) is 5.21. The standard InChI is InChI=1S/C14H23N3O2/c1-4-11(18)7-8-16-13-6-5-10(9-12(13)15)14(19)17(2)3/h5-6,9,11,16,18H,4,7-8,15H2,1-3H3. The Hall–Kier alpha value is -1.75. The number of amides is 1. The van der Waals surface area contributed by atoms with Crippen molar-refractivity contribution in [2.24, 2.45) is 0 Å². The Morgan fingerprint density at radius 1 is 1.47 bits per heavy atom. The van der Waals surface area contributed by atoms with E-state index in [1.807, 2.05) is 6.92 Å². The molecular weight excluding hydrogens is 242 g/mol. The quantitative estimate of drug-likeness (QED) is 0.682. The van der Waals surface area contributed by atoms with E-state index in [0.29, 0.717) is 24.2 Å². The number of carbonyl (C=O) groups is 1. The number of nitrogen functional groups attached to an aromatic ring is 1. The fraction of sp³-hybridized carbons (Fsp3) is 0.500. The van der Waals surface area contributed by atoms with Gasteiger partial charge in [0.1, 0.15) is 0 Å². The van der Waals surface area contributed by atoms with Gasteiger partial charge in [0, 0.05) is 26.2 Å². The van der Waals surface area contributed by atoms with Crippen LogP contribution < -0.4 is 11.1 Å². The van der Waals surface area contributed by atoms with E-state index in [2.05, 4.69) is 5.32 Å². The maximum absolute atomic E-state index is 11.8. The van der Waals surface area contributed by atoms with Crippen LogP contribution in [0, 0.1) is 0 Å². The Morgan fingerprint density at radius 2 is 2.16 bits per heavy atom. The molecule has 5 heteroatoms. The number of benzene rings is 1. The third-order valence-electron chi connectivity index (χ3n) is 2.97. The van der Waals surface area contributed by atoms with Crippen molar-refractivity contribution in [3.8, 4) is 0 Å². The number of nitrogens with one attached hydrogen (secondary N) is 1. The largest absolute Gasteiger partial charge is 0.397 e. The first kappa shape index (κ1) is 15.3. The second-order valence-corrected chi connectivity index (χ2v) is 4.78. The predicted molar refractivity (Wildman–Crippen MR) is 78.3 cm³/mol. The summed E-state index contributed by atoms with van der Waals surface area (Å²) < 4.78 is 0. The molecule has 0 aliphatic carbocycles. The van der Waals surface area contributed by atoms with Gasteiger partial charge in [0.15, 0.2) is 0 Å². The van der Waals surface area contributed by atoms with Crippen LogP contribution in [0.15, 0.2) is 18.2 Å². The number of rotatable bonds is 6. The minimum atomic E-state index is -0.289. The highest BCUT2D eigenvalue weighted by atomic mass is 16.3. The molecular formula is C14H23N3O2. The second kappa shape index (κ2) is 6.99. The molecule has 1 atom stereocenters. The van der Waals surface area contributed by atoms with Gasteiger partial charge in [-0.2, -0.15) is 0 Å². The molecule has 19 heavy (non-hydrogen) atoms. The Balaban J connectivity index is 2.65. The molecule has 1 rings (SSSR count). The zero-order valence-corrected chi connectivity index (χ0v) is 11.8. The van der Waals surface area contributed by atoms with Crippen LogP contribution in [0.5, 0.6) is 0 Å². The molecule has 0 saturated heterocycles. The van der Waals surface area contributed by atoms with Crippen molar-refractivity contribution in [1.29, 1.82) is 0 Å². The van der Waals surface area contributed by atoms with E-state index in [9.17, 15) is 9.90 Å². The molecule has 0 aliphatic heterocycles. The van der Waals surface area contributed by atoms with Gasteiger partial charge in [0.2, 0.25) is 0 Å². The summed E-state index contributed by atoms with van der Waals surface area (Å²) in [5, 5.41) is 12.6. The van der Waals surface area contributed by atoms with E-state index >= 15 is 0 Å². The second-order valence-electron chi connectivity index (χ2n) is 4.78. The van der Waals surface area contributed by atoms with Crippen LogP contribution in [-0.4, -0.2) is 42.7 Å². The van der Waals surface area contributed by atoms with Crippen molar-refractivity contribution in [1.82, 2.24) is 4.90 Å². The molecule has 0 aromatic heterocycles. The Kier molecular flexibility index (Phi) is 5.63. The summed E-state index contributed by atoms with van der Waals surface area (Å²) in [4.78, 5) is 13.3. The Bertz CT molecular complexity index is 433. The molecule has 1 unspecified atom stereocenters. The smallest absolute Gasteiger partial charge is 0.253 e. The molecule has 0 saturated carbocycles. The normalized spacial score (nSPS) is 12.0. The topological polar surface area (TPSA) is 78.6 Å². The molecule has 1 amide bonds. The number of nitrogens with zero attached hydrogens (tertiary/aromatic N) is 1. The lowest BCUT2D eigenvalue weighted by atomic mass is 10.1. The van der Waals surface area contributed by atoms with Gasteiger partial charge in [-0.05, 0) is 31.0 Å². The van der Waals surface area contributed by atoms with Gasteiger partial charge in [-0.3, -0.25) is 4.79 Å².